The Bertz CT molecular complexity index is 1120. The lowest BCUT2D eigenvalue weighted by Crippen LogP contribution is -2.13. The van der Waals surface area contributed by atoms with E-state index in [2.05, 4.69) is 5.32 Å². The number of nitro benzene ring substituents is 1. The van der Waals surface area contributed by atoms with Crippen LogP contribution in [0.15, 0.2) is 77.7 Å². The number of nitrogens with zero attached hydrogens (tertiary/aromatic N) is 1. The van der Waals surface area contributed by atoms with E-state index >= 15 is 0 Å². The van der Waals surface area contributed by atoms with Gasteiger partial charge in [-0.05, 0) is 29.3 Å². The van der Waals surface area contributed by atoms with E-state index in [4.69, 9.17) is 11.6 Å². The Morgan fingerprint density at radius 3 is 2.25 bits per heavy atom. The molecule has 6 nitrogen and oxygen atoms in total. The molecule has 0 amide bonds. The Balaban J connectivity index is 2.06. The Hall–Kier alpha value is -2.90. The van der Waals surface area contributed by atoms with Crippen molar-refractivity contribution in [3.8, 4) is 0 Å². The second kappa shape index (κ2) is 8.00. The molecule has 0 spiro atoms. The zero-order valence-corrected chi connectivity index (χ0v) is 16.4. The van der Waals surface area contributed by atoms with Crippen LogP contribution in [-0.2, 0) is 9.84 Å². The summed E-state index contributed by atoms with van der Waals surface area (Å²) in [6.07, 6.45) is 1.16. The summed E-state index contributed by atoms with van der Waals surface area (Å²) in [5.41, 5.74) is 2.02. The lowest BCUT2D eigenvalue weighted by Gasteiger charge is -2.22. The van der Waals surface area contributed by atoms with E-state index in [1.807, 2.05) is 36.4 Å². The summed E-state index contributed by atoms with van der Waals surface area (Å²) >= 11 is 6.23. The van der Waals surface area contributed by atoms with Gasteiger partial charge in [0.1, 0.15) is 0 Å². The number of nitro groups is 1. The number of hydrogen-bond donors (Lipinski definition) is 1. The summed E-state index contributed by atoms with van der Waals surface area (Å²) in [7, 11) is -3.37. The molecule has 0 saturated heterocycles. The molecule has 0 aromatic heterocycles. The SMILES string of the molecule is CS(=O)(=O)c1cccc(C(Nc2ccc([N+](=O)[O-])cc2Cl)c2ccccc2)c1. The third-order valence-electron chi connectivity index (χ3n) is 4.22. The van der Waals surface area contributed by atoms with Gasteiger partial charge in [0.2, 0.25) is 0 Å². The van der Waals surface area contributed by atoms with Gasteiger partial charge in [0.05, 0.1) is 26.6 Å². The maximum absolute atomic E-state index is 12.0. The number of anilines is 1. The van der Waals surface area contributed by atoms with Gasteiger partial charge in [0, 0.05) is 18.4 Å². The van der Waals surface area contributed by atoms with E-state index in [0.29, 0.717) is 5.69 Å². The Morgan fingerprint density at radius 1 is 0.964 bits per heavy atom. The minimum absolute atomic E-state index is 0.106. The predicted molar refractivity (Wildman–Crippen MR) is 110 cm³/mol. The smallest absolute Gasteiger partial charge is 0.271 e. The fourth-order valence-electron chi connectivity index (χ4n) is 2.82. The van der Waals surface area contributed by atoms with Crippen molar-refractivity contribution in [3.63, 3.8) is 0 Å². The number of sulfone groups is 1. The molecule has 3 aromatic carbocycles. The molecule has 3 aromatic rings. The standard InChI is InChI=1S/C20H17ClN2O4S/c1-28(26,27)17-9-5-8-15(12-17)20(14-6-3-2-4-7-14)22-19-11-10-16(23(24)25)13-18(19)21/h2-13,20,22H,1H3. The first kappa shape index (κ1) is 19.9. The molecule has 1 N–H and O–H groups in total. The summed E-state index contributed by atoms with van der Waals surface area (Å²) in [6.45, 7) is 0. The zero-order chi connectivity index (χ0) is 20.3. The van der Waals surface area contributed by atoms with E-state index in [9.17, 15) is 18.5 Å². The van der Waals surface area contributed by atoms with Crippen molar-refractivity contribution in [1.29, 1.82) is 0 Å². The Kier molecular flexibility index (Phi) is 5.67. The second-order valence-corrected chi connectivity index (χ2v) is 8.68. The topological polar surface area (TPSA) is 89.3 Å². The minimum Gasteiger partial charge on any atom is -0.373 e. The van der Waals surface area contributed by atoms with Crippen molar-refractivity contribution < 1.29 is 13.3 Å². The molecule has 0 aliphatic heterocycles. The molecule has 8 heteroatoms. The predicted octanol–water partition coefficient (Wildman–Crippen LogP) is 4.85. The van der Waals surface area contributed by atoms with Gasteiger partial charge < -0.3 is 5.32 Å². The zero-order valence-electron chi connectivity index (χ0n) is 14.9. The van der Waals surface area contributed by atoms with Crippen molar-refractivity contribution in [2.24, 2.45) is 0 Å². The van der Waals surface area contributed by atoms with Crippen LogP contribution in [0.4, 0.5) is 11.4 Å². The van der Waals surface area contributed by atoms with Gasteiger partial charge in [-0.25, -0.2) is 8.42 Å². The maximum Gasteiger partial charge on any atom is 0.271 e. The first-order chi connectivity index (χ1) is 13.3. The maximum atomic E-state index is 12.0. The van der Waals surface area contributed by atoms with Crippen LogP contribution in [-0.4, -0.2) is 19.6 Å². The van der Waals surface area contributed by atoms with E-state index < -0.39 is 20.8 Å². The molecular formula is C20H17ClN2O4S. The molecule has 0 bridgehead atoms. The third kappa shape index (κ3) is 4.49. The van der Waals surface area contributed by atoms with Crippen LogP contribution in [0, 0.1) is 10.1 Å². The van der Waals surface area contributed by atoms with Crippen LogP contribution >= 0.6 is 11.6 Å². The molecule has 1 unspecified atom stereocenters. The minimum atomic E-state index is -3.37. The highest BCUT2D eigenvalue weighted by Crippen LogP contribution is 2.33. The average Bonchev–Trinajstić information content (AvgIpc) is 2.67. The van der Waals surface area contributed by atoms with Crippen LogP contribution in [0.25, 0.3) is 0 Å². The highest BCUT2D eigenvalue weighted by atomic mass is 35.5. The second-order valence-electron chi connectivity index (χ2n) is 6.25. The molecular weight excluding hydrogens is 400 g/mol. The van der Waals surface area contributed by atoms with E-state index in [1.54, 1.807) is 18.2 Å². The molecule has 0 aliphatic carbocycles. The van der Waals surface area contributed by atoms with Gasteiger partial charge in [-0.2, -0.15) is 0 Å². The normalized spacial score (nSPS) is 12.4. The van der Waals surface area contributed by atoms with E-state index in [-0.39, 0.29) is 15.6 Å². The van der Waals surface area contributed by atoms with Crippen molar-refractivity contribution in [2.75, 3.05) is 11.6 Å². The van der Waals surface area contributed by atoms with Gasteiger partial charge in [0.25, 0.3) is 5.69 Å². The van der Waals surface area contributed by atoms with Crippen LogP contribution in [0.3, 0.4) is 0 Å². The largest absolute Gasteiger partial charge is 0.373 e. The van der Waals surface area contributed by atoms with Crippen LogP contribution < -0.4 is 5.32 Å². The number of non-ortho nitro benzene ring substituents is 1. The van der Waals surface area contributed by atoms with Crippen molar-refractivity contribution in [2.45, 2.75) is 10.9 Å². The molecule has 0 heterocycles. The Morgan fingerprint density at radius 2 is 1.64 bits per heavy atom. The van der Waals surface area contributed by atoms with Crippen LogP contribution in [0.1, 0.15) is 17.2 Å². The van der Waals surface area contributed by atoms with E-state index in [1.165, 1.54) is 18.2 Å². The summed E-state index contributed by atoms with van der Waals surface area (Å²) in [6, 6.07) is 19.9. The van der Waals surface area contributed by atoms with Gasteiger partial charge in [-0.1, -0.05) is 54.1 Å². The molecule has 3 rings (SSSR count). The highest BCUT2D eigenvalue weighted by Gasteiger charge is 2.19. The highest BCUT2D eigenvalue weighted by molar-refractivity contribution is 7.90. The fourth-order valence-corrected chi connectivity index (χ4v) is 3.72. The van der Waals surface area contributed by atoms with Gasteiger partial charge in [-0.15, -0.1) is 0 Å². The molecule has 0 fully saturated rings. The number of halogens is 1. The van der Waals surface area contributed by atoms with Crippen molar-refractivity contribution >= 4 is 32.8 Å². The molecule has 0 radical (unpaired) electrons. The summed E-state index contributed by atoms with van der Waals surface area (Å²) in [5.74, 6) is 0. The van der Waals surface area contributed by atoms with Crippen LogP contribution in [0.2, 0.25) is 5.02 Å². The lowest BCUT2D eigenvalue weighted by atomic mass is 9.98. The molecule has 0 aliphatic rings. The first-order valence-electron chi connectivity index (χ1n) is 8.31. The molecule has 144 valence electrons. The lowest BCUT2D eigenvalue weighted by molar-refractivity contribution is -0.384. The summed E-state index contributed by atoms with van der Waals surface area (Å²) in [4.78, 5) is 10.6. The number of rotatable bonds is 6. The quantitative estimate of drug-likeness (QED) is 0.458. The van der Waals surface area contributed by atoms with Gasteiger partial charge in [0.15, 0.2) is 9.84 Å². The number of hydrogen-bond acceptors (Lipinski definition) is 5. The third-order valence-corrected chi connectivity index (χ3v) is 5.64. The van der Waals surface area contributed by atoms with E-state index in [0.717, 1.165) is 17.4 Å². The van der Waals surface area contributed by atoms with Gasteiger partial charge >= 0.3 is 0 Å². The summed E-state index contributed by atoms with van der Waals surface area (Å²) < 4.78 is 23.9. The monoisotopic (exact) mass is 416 g/mol. The van der Waals surface area contributed by atoms with Gasteiger partial charge in [-0.3, -0.25) is 10.1 Å². The number of nitrogens with one attached hydrogen (secondary N) is 1. The molecule has 0 saturated carbocycles. The van der Waals surface area contributed by atoms with Crippen LogP contribution in [0.5, 0.6) is 0 Å². The van der Waals surface area contributed by atoms with Crippen molar-refractivity contribution in [1.82, 2.24) is 0 Å². The number of benzene rings is 3. The Labute approximate surface area is 167 Å². The average molecular weight is 417 g/mol. The first-order valence-corrected chi connectivity index (χ1v) is 10.6. The molecule has 1 atom stereocenters. The molecule has 28 heavy (non-hydrogen) atoms. The summed E-state index contributed by atoms with van der Waals surface area (Å²) in [5, 5.41) is 14.4. The fraction of sp³-hybridized carbons (Fsp3) is 0.100. The van der Waals surface area contributed by atoms with Crippen molar-refractivity contribution in [3.05, 3.63) is 99.1 Å².